The summed E-state index contributed by atoms with van der Waals surface area (Å²) in [6.07, 6.45) is 6.70. The Morgan fingerprint density at radius 3 is 2.54 bits per heavy atom. The Morgan fingerprint density at radius 1 is 1.11 bits per heavy atom. The number of rotatable bonds is 2. The number of ketones is 1. The highest BCUT2D eigenvalue weighted by atomic mass is 16.6. The molecule has 9 atom stereocenters. The Hall–Kier alpha value is -2.77. The van der Waals surface area contributed by atoms with Crippen LogP contribution in [0.5, 0.6) is 0 Å². The van der Waals surface area contributed by atoms with Crippen molar-refractivity contribution >= 4 is 17.7 Å². The average Bonchev–Trinajstić information content (AvgIpc) is 3.44. The van der Waals surface area contributed by atoms with Crippen LogP contribution < -0.4 is 5.32 Å². The van der Waals surface area contributed by atoms with E-state index < -0.39 is 34.6 Å². The molecule has 7 heteroatoms. The maximum atomic E-state index is 13.8. The molecule has 1 aromatic rings. The lowest BCUT2D eigenvalue weighted by molar-refractivity contribution is -0.177. The molecule has 4 aliphatic rings. The van der Waals surface area contributed by atoms with Gasteiger partial charge in [-0.2, -0.15) is 0 Å². The number of fused-ring (bicyclic) bond motifs is 2. The number of Topliss-reactive ketones (excluding diaryl/α,β-unsaturated/α-hetero) is 1. The third kappa shape index (κ3) is 3.67. The molecule has 5 rings (SSSR count). The zero-order valence-electron chi connectivity index (χ0n) is 20.6. The van der Waals surface area contributed by atoms with E-state index in [1.54, 1.807) is 6.92 Å². The minimum absolute atomic E-state index is 0.0573. The van der Waals surface area contributed by atoms with Gasteiger partial charge >= 0.3 is 5.97 Å². The van der Waals surface area contributed by atoms with Gasteiger partial charge in [-0.05, 0) is 44.2 Å². The van der Waals surface area contributed by atoms with Gasteiger partial charge in [-0.15, -0.1) is 0 Å². The highest BCUT2D eigenvalue weighted by Crippen LogP contribution is 2.63. The fourth-order valence-electron chi connectivity index (χ4n) is 6.55. The van der Waals surface area contributed by atoms with E-state index >= 15 is 0 Å². The van der Waals surface area contributed by atoms with Gasteiger partial charge in [0, 0.05) is 24.0 Å². The number of ether oxygens (including phenoxy) is 2. The second-order valence-corrected chi connectivity index (χ2v) is 11.0. The van der Waals surface area contributed by atoms with Crippen molar-refractivity contribution in [3.63, 3.8) is 0 Å². The first kappa shape index (κ1) is 23.9. The van der Waals surface area contributed by atoms with Gasteiger partial charge < -0.3 is 19.9 Å². The monoisotopic (exact) mass is 479 g/mol. The van der Waals surface area contributed by atoms with Crippen molar-refractivity contribution in [1.82, 2.24) is 5.32 Å². The van der Waals surface area contributed by atoms with Crippen molar-refractivity contribution in [2.75, 3.05) is 0 Å². The lowest BCUT2D eigenvalue weighted by Gasteiger charge is -2.45. The van der Waals surface area contributed by atoms with Crippen molar-refractivity contribution in [2.45, 2.75) is 69.5 Å². The molecular weight excluding hydrogens is 446 g/mol. The van der Waals surface area contributed by atoms with Crippen LogP contribution in [0.4, 0.5) is 0 Å². The third-order valence-electron chi connectivity index (χ3n) is 8.64. The summed E-state index contributed by atoms with van der Waals surface area (Å²) >= 11 is 0. The zero-order valence-corrected chi connectivity index (χ0v) is 20.6. The third-order valence-corrected chi connectivity index (χ3v) is 8.64. The summed E-state index contributed by atoms with van der Waals surface area (Å²) in [6, 6.07) is 9.69. The van der Waals surface area contributed by atoms with Crippen LogP contribution >= 0.6 is 0 Å². The number of carbonyl (C=O) groups excluding carboxylic acids is 3. The summed E-state index contributed by atoms with van der Waals surface area (Å²) in [5.74, 6) is -2.81. The Balaban J connectivity index is 1.60. The molecule has 35 heavy (non-hydrogen) atoms. The van der Waals surface area contributed by atoms with E-state index in [4.69, 9.17) is 9.47 Å². The summed E-state index contributed by atoms with van der Waals surface area (Å²) in [4.78, 5) is 39.6. The number of hydrogen-bond acceptors (Lipinski definition) is 6. The van der Waals surface area contributed by atoms with Crippen LogP contribution in [0.3, 0.4) is 0 Å². The summed E-state index contributed by atoms with van der Waals surface area (Å²) in [7, 11) is 0. The van der Waals surface area contributed by atoms with E-state index in [1.807, 2.05) is 42.5 Å². The second-order valence-electron chi connectivity index (χ2n) is 11.0. The molecule has 1 aliphatic carbocycles. The van der Waals surface area contributed by atoms with Crippen molar-refractivity contribution in [2.24, 2.45) is 23.7 Å². The Kier molecular flexibility index (Phi) is 5.57. The standard InChI is InChI=1S/C28H33NO6/c1-16-9-8-12-19-24-27(4,35-24)17(2)22-20(15-18-10-6-5-7-11-18)29-25(32)28(19,22)34-21(30)13-14-26(3,33)23(16)31/h5-8,10-14,16-17,19-20,22,24,33H,9,15H2,1-4H3,(H,29,32)/b12-8+,14-13+/t16-,17-,19-,20-,22-,24-,26+,27+,28+/m0/s1. The Bertz CT molecular complexity index is 1110. The summed E-state index contributed by atoms with van der Waals surface area (Å²) in [5, 5.41) is 13.8. The summed E-state index contributed by atoms with van der Waals surface area (Å²) < 4.78 is 12.3. The molecule has 1 spiro atoms. The first-order valence-electron chi connectivity index (χ1n) is 12.4. The van der Waals surface area contributed by atoms with Crippen LogP contribution in [-0.4, -0.2) is 51.7 Å². The summed E-state index contributed by atoms with van der Waals surface area (Å²) in [6.45, 7) is 7.23. The molecule has 3 fully saturated rings. The molecule has 7 nitrogen and oxygen atoms in total. The molecule has 186 valence electrons. The predicted molar refractivity (Wildman–Crippen MR) is 128 cm³/mol. The molecule has 3 heterocycles. The van der Waals surface area contributed by atoms with Crippen molar-refractivity contribution in [3.05, 3.63) is 60.2 Å². The highest BCUT2D eigenvalue weighted by molar-refractivity contribution is 5.96. The maximum Gasteiger partial charge on any atom is 0.331 e. The summed E-state index contributed by atoms with van der Waals surface area (Å²) in [5.41, 5.74) is -2.61. The molecule has 1 aromatic carbocycles. The van der Waals surface area contributed by atoms with E-state index in [1.165, 1.54) is 13.0 Å². The molecule has 0 radical (unpaired) electrons. The number of epoxide rings is 1. The molecule has 3 aliphatic heterocycles. The molecule has 0 aromatic heterocycles. The number of hydrogen-bond donors (Lipinski definition) is 2. The quantitative estimate of drug-likeness (QED) is 0.384. The molecule has 0 bridgehead atoms. The maximum absolute atomic E-state index is 13.8. The van der Waals surface area contributed by atoms with Gasteiger partial charge in [-0.25, -0.2) is 4.79 Å². The molecular formula is C28H33NO6. The average molecular weight is 480 g/mol. The van der Waals surface area contributed by atoms with E-state index in [-0.39, 0.29) is 35.7 Å². The SMILES string of the molecule is C[C@H]1C/C=C/[C@H]2[C@@H]3O[C@]3(C)[C@@H](C)[C@H]3[C@H](Cc4ccccc4)NC(=O)[C@]32OC(=O)/C=C/[C@@](C)(O)C1=O. The Labute approximate surface area is 205 Å². The van der Waals surface area contributed by atoms with Gasteiger partial charge in [0.2, 0.25) is 5.60 Å². The Morgan fingerprint density at radius 2 is 1.83 bits per heavy atom. The number of esters is 1. The lowest BCUT2D eigenvalue weighted by atomic mass is 9.59. The molecule has 0 unspecified atom stereocenters. The minimum atomic E-state index is -1.81. The first-order chi connectivity index (χ1) is 16.5. The highest BCUT2D eigenvalue weighted by Gasteiger charge is 2.78. The minimum Gasteiger partial charge on any atom is -0.445 e. The van der Waals surface area contributed by atoms with E-state index in [0.717, 1.165) is 11.6 Å². The largest absolute Gasteiger partial charge is 0.445 e. The number of nitrogens with one attached hydrogen (secondary N) is 1. The number of allylic oxidation sites excluding steroid dienone is 1. The van der Waals surface area contributed by atoms with Gasteiger partial charge in [-0.3, -0.25) is 9.59 Å². The van der Waals surface area contributed by atoms with Crippen LogP contribution in [0, 0.1) is 23.7 Å². The van der Waals surface area contributed by atoms with Gasteiger partial charge in [0.25, 0.3) is 5.91 Å². The van der Waals surface area contributed by atoms with Gasteiger partial charge in [0.05, 0.1) is 17.6 Å². The predicted octanol–water partition coefficient (Wildman–Crippen LogP) is 2.52. The van der Waals surface area contributed by atoms with Gasteiger partial charge in [0.15, 0.2) is 5.78 Å². The zero-order chi connectivity index (χ0) is 25.2. The number of carbonyl (C=O) groups is 3. The lowest BCUT2D eigenvalue weighted by Crippen LogP contribution is -2.61. The second kappa shape index (κ2) is 8.14. The van der Waals surface area contributed by atoms with Crippen LogP contribution in [-0.2, 0) is 30.3 Å². The topological polar surface area (TPSA) is 105 Å². The van der Waals surface area contributed by atoms with Crippen molar-refractivity contribution in [1.29, 1.82) is 0 Å². The molecule has 2 saturated heterocycles. The van der Waals surface area contributed by atoms with Crippen molar-refractivity contribution < 1.29 is 29.0 Å². The normalized spacial score (nSPS) is 46.6. The van der Waals surface area contributed by atoms with Crippen LogP contribution in [0.2, 0.25) is 0 Å². The number of amides is 1. The van der Waals surface area contributed by atoms with E-state index in [9.17, 15) is 19.5 Å². The van der Waals surface area contributed by atoms with Crippen LogP contribution in [0.25, 0.3) is 0 Å². The molecule has 1 amide bonds. The van der Waals surface area contributed by atoms with Gasteiger partial charge in [-0.1, -0.05) is 56.3 Å². The van der Waals surface area contributed by atoms with E-state index in [0.29, 0.717) is 12.8 Å². The van der Waals surface area contributed by atoms with Crippen LogP contribution in [0.1, 0.15) is 39.7 Å². The fourth-order valence-corrected chi connectivity index (χ4v) is 6.55. The van der Waals surface area contributed by atoms with Crippen LogP contribution in [0.15, 0.2) is 54.6 Å². The smallest absolute Gasteiger partial charge is 0.331 e. The molecule has 2 N–H and O–H groups in total. The fraction of sp³-hybridized carbons (Fsp3) is 0.536. The van der Waals surface area contributed by atoms with E-state index in [2.05, 4.69) is 19.2 Å². The number of benzene rings is 1. The number of aliphatic hydroxyl groups is 1. The first-order valence-corrected chi connectivity index (χ1v) is 12.4. The van der Waals surface area contributed by atoms with Crippen molar-refractivity contribution in [3.8, 4) is 0 Å². The van der Waals surface area contributed by atoms with Gasteiger partial charge in [0.1, 0.15) is 5.60 Å². The molecule has 1 saturated carbocycles.